The molecule has 1 aliphatic carbocycles. The van der Waals surface area contributed by atoms with Gasteiger partial charge in [0.05, 0.1) is 0 Å². The molecule has 1 saturated carbocycles. The number of aliphatic carboxylic acids is 1. The van der Waals surface area contributed by atoms with Crippen molar-refractivity contribution in [3.05, 3.63) is 0 Å². The number of carbonyl (C=O) groups is 2. The van der Waals surface area contributed by atoms with E-state index in [-0.39, 0.29) is 17.7 Å². The number of alkyl halides is 5. The molecule has 2 aliphatic rings. The van der Waals surface area contributed by atoms with E-state index in [2.05, 4.69) is 0 Å². The summed E-state index contributed by atoms with van der Waals surface area (Å²) >= 11 is 0. The Kier molecular flexibility index (Phi) is 3.22. The SMILES string of the molecule is O=C(N1CC2CCCC(C(=O)O)(C1)C2(F)F)C(F)(F)F. The van der Waals surface area contributed by atoms with E-state index in [4.69, 9.17) is 5.11 Å². The van der Waals surface area contributed by atoms with Crippen LogP contribution in [0.2, 0.25) is 0 Å². The normalized spacial score (nSPS) is 32.9. The number of piperidine rings is 1. The molecule has 2 unspecified atom stereocenters. The number of amides is 1. The molecule has 1 amide bonds. The Balaban J connectivity index is 2.38. The molecule has 9 heteroatoms. The molecule has 2 atom stereocenters. The van der Waals surface area contributed by atoms with Crippen LogP contribution in [0.3, 0.4) is 0 Å². The second kappa shape index (κ2) is 4.29. The van der Waals surface area contributed by atoms with Crippen molar-refractivity contribution in [1.29, 1.82) is 0 Å². The van der Waals surface area contributed by atoms with E-state index in [9.17, 15) is 31.5 Å². The molecular formula is C11H12F5NO3. The fraction of sp³-hybridized carbons (Fsp3) is 0.818. The highest BCUT2D eigenvalue weighted by Gasteiger charge is 2.69. The Labute approximate surface area is 110 Å². The van der Waals surface area contributed by atoms with Crippen molar-refractivity contribution in [3.8, 4) is 0 Å². The van der Waals surface area contributed by atoms with Crippen LogP contribution >= 0.6 is 0 Å². The number of likely N-dealkylation sites (tertiary alicyclic amines) is 1. The zero-order valence-corrected chi connectivity index (χ0v) is 10.2. The molecule has 1 saturated heterocycles. The fourth-order valence-corrected chi connectivity index (χ4v) is 3.09. The highest BCUT2D eigenvalue weighted by atomic mass is 19.4. The van der Waals surface area contributed by atoms with Crippen molar-refractivity contribution in [2.45, 2.75) is 31.4 Å². The maximum atomic E-state index is 14.2. The molecule has 0 radical (unpaired) electrons. The predicted molar refractivity (Wildman–Crippen MR) is 55.0 cm³/mol. The van der Waals surface area contributed by atoms with Gasteiger partial charge in [0.15, 0.2) is 0 Å². The third-order valence-corrected chi connectivity index (χ3v) is 4.15. The summed E-state index contributed by atoms with van der Waals surface area (Å²) in [7, 11) is 0. The molecular weight excluding hydrogens is 289 g/mol. The Hall–Kier alpha value is -1.41. The lowest BCUT2D eigenvalue weighted by atomic mass is 9.63. The van der Waals surface area contributed by atoms with Crippen LogP contribution in [0.4, 0.5) is 22.0 Å². The van der Waals surface area contributed by atoms with Gasteiger partial charge in [-0.05, 0) is 12.8 Å². The minimum Gasteiger partial charge on any atom is -0.481 e. The van der Waals surface area contributed by atoms with Gasteiger partial charge >= 0.3 is 18.1 Å². The Morgan fingerprint density at radius 3 is 2.35 bits per heavy atom. The third kappa shape index (κ3) is 1.94. The summed E-state index contributed by atoms with van der Waals surface area (Å²) in [5.74, 6) is -9.27. The molecule has 2 rings (SSSR count). The number of fused-ring (bicyclic) bond motifs is 2. The van der Waals surface area contributed by atoms with Crippen LogP contribution in [-0.2, 0) is 9.59 Å². The molecule has 1 heterocycles. The van der Waals surface area contributed by atoms with E-state index < -0.39 is 54.8 Å². The van der Waals surface area contributed by atoms with Crippen LogP contribution < -0.4 is 0 Å². The van der Waals surface area contributed by atoms with Gasteiger partial charge in [0.25, 0.3) is 5.92 Å². The minimum absolute atomic E-state index is 0.0936. The lowest BCUT2D eigenvalue weighted by Gasteiger charge is -2.52. The van der Waals surface area contributed by atoms with E-state index in [0.29, 0.717) is 0 Å². The number of nitrogens with zero attached hydrogens (tertiary/aromatic N) is 1. The highest BCUT2D eigenvalue weighted by Crippen LogP contribution is 2.55. The number of rotatable bonds is 1. The number of hydrogen-bond donors (Lipinski definition) is 1. The molecule has 0 aromatic rings. The summed E-state index contributed by atoms with van der Waals surface area (Å²) in [5.41, 5.74) is -2.62. The molecule has 2 fully saturated rings. The van der Waals surface area contributed by atoms with Crippen LogP contribution in [0, 0.1) is 11.3 Å². The van der Waals surface area contributed by atoms with Gasteiger partial charge in [0.1, 0.15) is 5.41 Å². The van der Waals surface area contributed by atoms with Gasteiger partial charge in [-0.2, -0.15) is 13.2 Å². The maximum Gasteiger partial charge on any atom is 0.471 e. The third-order valence-electron chi connectivity index (χ3n) is 4.15. The molecule has 0 aromatic heterocycles. The van der Waals surface area contributed by atoms with Crippen molar-refractivity contribution in [2.75, 3.05) is 13.1 Å². The second-order valence-electron chi connectivity index (χ2n) is 5.28. The predicted octanol–water partition coefficient (Wildman–Crippen LogP) is 1.90. The molecule has 0 aromatic carbocycles. The molecule has 4 nitrogen and oxygen atoms in total. The Bertz CT molecular complexity index is 450. The Morgan fingerprint density at radius 2 is 1.85 bits per heavy atom. The first-order chi connectivity index (χ1) is 9.02. The van der Waals surface area contributed by atoms with Gasteiger partial charge in [-0.15, -0.1) is 0 Å². The van der Waals surface area contributed by atoms with E-state index in [1.807, 2.05) is 0 Å². The summed E-state index contributed by atoms with van der Waals surface area (Å²) < 4.78 is 65.5. The lowest BCUT2D eigenvalue weighted by Crippen LogP contribution is -2.67. The highest BCUT2D eigenvalue weighted by molar-refractivity contribution is 5.84. The standard InChI is InChI=1S/C11H12F5NO3/c12-10(13)6-2-1-3-9(10,8(19)20)5-17(4-6)7(18)11(14,15)16/h6H,1-5H2,(H,19,20). The van der Waals surface area contributed by atoms with Crippen molar-refractivity contribution in [1.82, 2.24) is 4.90 Å². The van der Waals surface area contributed by atoms with Crippen LogP contribution in [0.1, 0.15) is 19.3 Å². The van der Waals surface area contributed by atoms with Crippen LogP contribution in [0.25, 0.3) is 0 Å². The largest absolute Gasteiger partial charge is 0.481 e. The number of hydrogen-bond acceptors (Lipinski definition) is 2. The quantitative estimate of drug-likeness (QED) is 0.753. The lowest BCUT2D eigenvalue weighted by molar-refractivity contribution is -0.241. The van der Waals surface area contributed by atoms with Crippen LogP contribution in [0.15, 0.2) is 0 Å². The van der Waals surface area contributed by atoms with Crippen LogP contribution in [-0.4, -0.2) is 47.1 Å². The average molecular weight is 301 g/mol. The number of carboxylic acid groups (broad SMARTS) is 1. The summed E-state index contributed by atoms with van der Waals surface area (Å²) in [6.45, 7) is -1.87. The van der Waals surface area contributed by atoms with Crippen molar-refractivity contribution in [3.63, 3.8) is 0 Å². The first-order valence-electron chi connectivity index (χ1n) is 6.00. The van der Waals surface area contributed by atoms with E-state index >= 15 is 0 Å². The minimum atomic E-state index is -5.19. The van der Waals surface area contributed by atoms with Crippen molar-refractivity contribution in [2.24, 2.45) is 11.3 Å². The molecule has 20 heavy (non-hydrogen) atoms. The van der Waals surface area contributed by atoms with Crippen molar-refractivity contribution >= 4 is 11.9 Å². The van der Waals surface area contributed by atoms with Gasteiger partial charge in [-0.25, -0.2) is 8.78 Å². The van der Waals surface area contributed by atoms with Crippen LogP contribution in [0.5, 0.6) is 0 Å². The van der Waals surface area contributed by atoms with E-state index in [1.165, 1.54) is 0 Å². The van der Waals surface area contributed by atoms with Gasteiger partial charge < -0.3 is 10.0 Å². The summed E-state index contributed by atoms with van der Waals surface area (Å²) in [5, 5.41) is 9.08. The van der Waals surface area contributed by atoms with Gasteiger partial charge in [0.2, 0.25) is 0 Å². The van der Waals surface area contributed by atoms with Crippen molar-refractivity contribution < 1.29 is 36.6 Å². The number of halogens is 5. The zero-order chi connectivity index (χ0) is 15.3. The van der Waals surface area contributed by atoms with E-state index in [0.717, 1.165) is 0 Å². The first kappa shape index (κ1) is 15.0. The van der Waals surface area contributed by atoms with Gasteiger partial charge in [-0.3, -0.25) is 9.59 Å². The number of carboxylic acids is 1. The Morgan fingerprint density at radius 1 is 1.25 bits per heavy atom. The zero-order valence-electron chi connectivity index (χ0n) is 10.2. The molecule has 1 N–H and O–H groups in total. The molecule has 2 bridgehead atoms. The molecule has 114 valence electrons. The smallest absolute Gasteiger partial charge is 0.471 e. The van der Waals surface area contributed by atoms with Gasteiger partial charge in [0, 0.05) is 19.0 Å². The second-order valence-corrected chi connectivity index (χ2v) is 5.28. The first-order valence-corrected chi connectivity index (χ1v) is 6.00. The summed E-state index contributed by atoms with van der Waals surface area (Å²) in [4.78, 5) is 22.6. The van der Waals surface area contributed by atoms with E-state index in [1.54, 1.807) is 0 Å². The summed E-state index contributed by atoms with van der Waals surface area (Å²) in [6, 6.07) is 0. The maximum absolute atomic E-state index is 14.2. The monoisotopic (exact) mass is 301 g/mol. The molecule has 0 spiro atoms. The van der Waals surface area contributed by atoms with Gasteiger partial charge in [-0.1, -0.05) is 6.42 Å². The topological polar surface area (TPSA) is 57.6 Å². The summed E-state index contributed by atoms with van der Waals surface area (Å²) in [6.07, 6.45) is -5.53. The molecule has 1 aliphatic heterocycles. The fourth-order valence-electron chi connectivity index (χ4n) is 3.09. The number of carbonyl (C=O) groups excluding carboxylic acids is 1. The average Bonchev–Trinajstić information content (AvgIpc) is 2.25.